The number of rotatable bonds is 7. The lowest BCUT2D eigenvalue weighted by Crippen LogP contribution is -2.48. The molecule has 0 unspecified atom stereocenters. The normalized spacial score (nSPS) is 13.5. The summed E-state index contributed by atoms with van der Waals surface area (Å²) in [5.41, 5.74) is 3.13. The highest BCUT2D eigenvalue weighted by atomic mass is 32.2. The molecule has 0 aliphatic rings. The van der Waals surface area contributed by atoms with Gasteiger partial charge in [0.15, 0.2) is 0 Å². The first kappa shape index (κ1) is 21.8. The number of carbonyl (C=O) groups excluding carboxylic acids is 1. The Balaban J connectivity index is 2.27. The van der Waals surface area contributed by atoms with Crippen LogP contribution in [0.5, 0.6) is 5.75 Å². The van der Waals surface area contributed by atoms with Crippen LogP contribution in [0.2, 0.25) is 0 Å². The van der Waals surface area contributed by atoms with E-state index in [2.05, 4.69) is 5.32 Å². The van der Waals surface area contributed by atoms with Crippen molar-refractivity contribution in [2.45, 2.75) is 39.8 Å². The molecule has 0 aliphatic heterocycles. The summed E-state index contributed by atoms with van der Waals surface area (Å²) in [5, 5.41) is 2.90. The Hall–Kier alpha value is -2.54. The molecule has 2 aromatic rings. The third-order valence-corrected chi connectivity index (χ3v) is 5.89. The molecule has 0 saturated heterocycles. The van der Waals surface area contributed by atoms with Crippen LogP contribution in [0.1, 0.15) is 36.6 Å². The Labute approximate surface area is 167 Å². The van der Waals surface area contributed by atoms with E-state index in [1.165, 1.54) is 4.31 Å². The summed E-state index contributed by atoms with van der Waals surface area (Å²) >= 11 is 0. The molecule has 0 heterocycles. The predicted octanol–water partition coefficient (Wildman–Crippen LogP) is 3.34. The number of ether oxygens (including phenoxy) is 1. The third kappa shape index (κ3) is 5.04. The van der Waals surface area contributed by atoms with Gasteiger partial charge < -0.3 is 10.1 Å². The Morgan fingerprint density at radius 2 is 1.68 bits per heavy atom. The predicted molar refractivity (Wildman–Crippen MR) is 112 cm³/mol. The quantitative estimate of drug-likeness (QED) is 0.768. The Bertz CT molecular complexity index is 939. The average molecular weight is 405 g/mol. The summed E-state index contributed by atoms with van der Waals surface area (Å²) in [4.78, 5) is 12.9. The Morgan fingerprint density at radius 1 is 1.07 bits per heavy atom. The van der Waals surface area contributed by atoms with Crippen LogP contribution in [0, 0.1) is 13.8 Å². The van der Waals surface area contributed by atoms with Crippen molar-refractivity contribution in [1.82, 2.24) is 5.32 Å². The first-order valence-corrected chi connectivity index (χ1v) is 10.9. The largest absolute Gasteiger partial charge is 0.497 e. The lowest BCUT2D eigenvalue weighted by atomic mass is 10.1. The van der Waals surface area contributed by atoms with Crippen LogP contribution in [-0.2, 0) is 14.8 Å². The Morgan fingerprint density at radius 3 is 2.21 bits per heavy atom. The van der Waals surface area contributed by atoms with E-state index in [1.54, 1.807) is 20.1 Å². The van der Waals surface area contributed by atoms with Gasteiger partial charge in [0.05, 0.1) is 25.1 Å². The van der Waals surface area contributed by atoms with E-state index in [1.807, 2.05) is 57.2 Å². The smallest absolute Gasteiger partial charge is 0.244 e. The fourth-order valence-electron chi connectivity index (χ4n) is 3.05. The van der Waals surface area contributed by atoms with Gasteiger partial charge in [0.2, 0.25) is 15.9 Å². The fraction of sp³-hybridized carbons (Fsp3) is 0.381. The van der Waals surface area contributed by atoms with Gasteiger partial charge in [-0.25, -0.2) is 8.42 Å². The highest BCUT2D eigenvalue weighted by Gasteiger charge is 2.30. The van der Waals surface area contributed by atoms with Crippen molar-refractivity contribution in [3.63, 3.8) is 0 Å². The summed E-state index contributed by atoms with van der Waals surface area (Å²) in [6.07, 6.45) is 1.12. The number of aryl methyl sites for hydroxylation is 2. The van der Waals surface area contributed by atoms with E-state index in [9.17, 15) is 13.2 Å². The monoisotopic (exact) mass is 404 g/mol. The molecule has 6 nitrogen and oxygen atoms in total. The zero-order chi connectivity index (χ0) is 21.1. The van der Waals surface area contributed by atoms with E-state index in [-0.39, 0.29) is 11.9 Å². The lowest BCUT2D eigenvalue weighted by molar-refractivity contribution is -0.122. The van der Waals surface area contributed by atoms with Crippen molar-refractivity contribution in [3.8, 4) is 5.75 Å². The number of hydrogen-bond acceptors (Lipinski definition) is 4. The van der Waals surface area contributed by atoms with Gasteiger partial charge in [-0.05, 0) is 62.6 Å². The van der Waals surface area contributed by atoms with E-state index in [0.717, 1.165) is 28.7 Å². The number of anilines is 1. The summed E-state index contributed by atoms with van der Waals surface area (Å²) in [5.74, 6) is 0.364. The molecule has 0 fully saturated rings. The van der Waals surface area contributed by atoms with Gasteiger partial charge >= 0.3 is 0 Å². The molecule has 2 aromatic carbocycles. The molecule has 2 rings (SSSR count). The zero-order valence-corrected chi connectivity index (χ0v) is 18.0. The molecule has 2 atom stereocenters. The second kappa shape index (κ2) is 8.65. The summed E-state index contributed by atoms with van der Waals surface area (Å²) in [7, 11) is -2.06. The van der Waals surface area contributed by atoms with Gasteiger partial charge in [-0.1, -0.05) is 24.3 Å². The molecule has 0 bridgehead atoms. The van der Waals surface area contributed by atoms with Gasteiger partial charge in [-0.15, -0.1) is 0 Å². The maximum atomic E-state index is 12.9. The maximum Gasteiger partial charge on any atom is 0.244 e. The highest BCUT2D eigenvalue weighted by Crippen LogP contribution is 2.27. The van der Waals surface area contributed by atoms with Crippen LogP contribution in [0.25, 0.3) is 0 Å². The van der Waals surface area contributed by atoms with Crippen LogP contribution in [-0.4, -0.2) is 33.7 Å². The number of amides is 1. The minimum Gasteiger partial charge on any atom is -0.497 e. The molecule has 28 heavy (non-hydrogen) atoms. The fourth-order valence-corrected chi connectivity index (χ4v) is 4.27. The molecule has 0 aliphatic carbocycles. The molecule has 1 N–H and O–H groups in total. The molecular weight excluding hydrogens is 376 g/mol. The van der Waals surface area contributed by atoms with Crippen molar-refractivity contribution in [2.24, 2.45) is 0 Å². The van der Waals surface area contributed by atoms with Gasteiger partial charge in [0, 0.05) is 0 Å². The van der Waals surface area contributed by atoms with Crippen LogP contribution in [0.4, 0.5) is 5.69 Å². The van der Waals surface area contributed by atoms with Crippen molar-refractivity contribution in [3.05, 3.63) is 59.2 Å². The molecule has 0 radical (unpaired) electrons. The average Bonchev–Trinajstić information content (AvgIpc) is 2.63. The van der Waals surface area contributed by atoms with Crippen LogP contribution >= 0.6 is 0 Å². The number of benzene rings is 2. The standard InChI is InChI=1S/C21H28N2O4S/c1-14-7-8-15(2)20(13-14)23(28(6,25)26)17(4)21(24)22-16(3)18-9-11-19(27-5)12-10-18/h7-13,16-17H,1-6H3,(H,22,24)/t16-,17-/m0/s1. The SMILES string of the molecule is COc1ccc([C@H](C)NC(=O)[C@H](C)N(c2cc(C)ccc2C)S(C)(=O)=O)cc1. The summed E-state index contributed by atoms with van der Waals surface area (Å²) in [6, 6.07) is 11.8. The third-order valence-electron chi connectivity index (χ3n) is 4.67. The van der Waals surface area contributed by atoms with Crippen LogP contribution in [0.15, 0.2) is 42.5 Å². The molecule has 0 saturated carbocycles. The van der Waals surface area contributed by atoms with Crippen LogP contribution < -0.4 is 14.4 Å². The highest BCUT2D eigenvalue weighted by molar-refractivity contribution is 7.92. The molecule has 0 spiro atoms. The van der Waals surface area contributed by atoms with E-state index < -0.39 is 16.1 Å². The number of hydrogen-bond donors (Lipinski definition) is 1. The number of nitrogens with one attached hydrogen (secondary N) is 1. The van der Waals surface area contributed by atoms with Crippen molar-refractivity contribution < 1.29 is 17.9 Å². The summed E-state index contributed by atoms with van der Waals surface area (Å²) in [6.45, 7) is 7.17. The summed E-state index contributed by atoms with van der Waals surface area (Å²) < 4.78 is 31.3. The maximum absolute atomic E-state index is 12.9. The van der Waals surface area contributed by atoms with Crippen molar-refractivity contribution in [2.75, 3.05) is 17.7 Å². The number of methoxy groups -OCH3 is 1. The number of sulfonamides is 1. The zero-order valence-electron chi connectivity index (χ0n) is 17.2. The number of nitrogens with zero attached hydrogens (tertiary/aromatic N) is 1. The van der Waals surface area contributed by atoms with Gasteiger partial charge in [0.1, 0.15) is 11.8 Å². The Kier molecular flexibility index (Phi) is 6.72. The number of carbonyl (C=O) groups is 1. The topological polar surface area (TPSA) is 75.7 Å². The van der Waals surface area contributed by atoms with E-state index in [4.69, 9.17) is 4.74 Å². The van der Waals surface area contributed by atoms with Gasteiger partial charge in [-0.2, -0.15) is 0 Å². The van der Waals surface area contributed by atoms with Gasteiger partial charge in [-0.3, -0.25) is 9.10 Å². The van der Waals surface area contributed by atoms with Gasteiger partial charge in [0.25, 0.3) is 0 Å². The minimum atomic E-state index is -3.65. The van der Waals surface area contributed by atoms with Crippen molar-refractivity contribution in [1.29, 1.82) is 0 Å². The second-order valence-electron chi connectivity index (χ2n) is 7.03. The van der Waals surface area contributed by atoms with E-state index >= 15 is 0 Å². The molecule has 152 valence electrons. The first-order valence-electron chi connectivity index (χ1n) is 9.05. The molecule has 0 aromatic heterocycles. The minimum absolute atomic E-state index is 0.277. The van der Waals surface area contributed by atoms with E-state index in [0.29, 0.717) is 5.69 Å². The molecular formula is C21H28N2O4S. The lowest BCUT2D eigenvalue weighted by Gasteiger charge is -2.30. The van der Waals surface area contributed by atoms with Crippen molar-refractivity contribution >= 4 is 21.6 Å². The van der Waals surface area contributed by atoms with Crippen LogP contribution in [0.3, 0.4) is 0 Å². The first-order chi connectivity index (χ1) is 13.0. The molecule has 7 heteroatoms. The molecule has 1 amide bonds. The second-order valence-corrected chi connectivity index (χ2v) is 8.89.